The zero-order valence-electron chi connectivity index (χ0n) is 15.8. The average molecular weight is 414 g/mol. The highest BCUT2D eigenvalue weighted by Gasteiger charge is 2.10. The van der Waals surface area contributed by atoms with Gasteiger partial charge in [-0.3, -0.25) is 4.79 Å². The zero-order valence-corrected chi connectivity index (χ0v) is 16.6. The number of halogens is 1. The van der Waals surface area contributed by atoms with Crippen LogP contribution in [0, 0.1) is 0 Å². The molecule has 0 unspecified atom stereocenters. The van der Waals surface area contributed by atoms with E-state index < -0.39 is 11.5 Å². The number of benzene rings is 2. The van der Waals surface area contributed by atoms with Crippen molar-refractivity contribution in [3.05, 3.63) is 63.7 Å². The van der Waals surface area contributed by atoms with Crippen LogP contribution in [0.5, 0.6) is 11.5 Å². The second-order valence-corrected chi connectivity index (χ2v) is 6.59. The minimum Gasteiger partial charge on any atom is -0.545 e. The van der Waals surface area contributed by atoms with Crippen LogP contribution in [0.4, 0.5) is 0 Å². The van der Waals surface area contributed by atoms with Gasteiger partial charge in [0.1, 0.15) is 0 Å². The van der Waals surface area contributed by atoms with Crippen molar-refractivity contribution in [2.45, 2.75) is 13.3 Å². The minimum atomic E-state index is -1.35. The topological polar surface area (TPSA) is 104 Å². The number of carbonyl (C=O) groups is 1. The van der Waals surface area contributed by atoms with Gasteiger partial charge in [0.05, 0.1) is 35.6 Å². The van der Waals surface area contributed by atoms with E-state index in [1.165, 1.54) is 18.2 Å². The molecule has 0 saturated carbocycles. The maximum Gasteiger partial charge on any atom is 0.259 e. The van der Waals surface area contributed by atoms with Gasteiger partial charge in [-0.15, -0.1) is 0 Å². The zero-order chi connectivity index (χ0) is 21.0. The number of aromatic amines is 1. The van der Waals surface area contributed by atoms with Gasteiger partial charge in [0.25, 0.3) is 5.56 Å². The largest absolute Gasteiger partial charge is 0.545 e. The number of carboxylic acid groups (broad SMARTS) is 1. The molecule has 0 amide bonds. The number of nitrogens with zero attached hydrogens (tertiary/aromatic N) is 1. The summed E-state index contributed by atoms with van der Waals surface area (Å²) in [7, 11) is 1.56. The van der Waals surface area contributed by atoms with Crippen molar-refractivity contribution in [1.29, 1.82) is 0 Å². The predicted molar refractivity (Wildman–Crippen MR) is 109 cm³/mol. The Morgan fingerprint density at radius 2 is 2.03 bits per heavy atom. The molecule has 0 atom stereocenters. The van der Waals surface area contributed by atoms with Gasteiger partial charge in [0.15, 0.2) is 17.3 Å². The van der Waals surface area contributed by atoms with Crippen LogP contribution in [0.2, 0.25) is 0 Å². The lowest BCUT2D eigenvalue weighted by Crippen LogP contribution is -2.22. The molecule has 2 aromatic carbocycles. The first-order chi connectivity index (χ1) is 13.9. The van der Waals surface area contributed by atoms with Crippen LogP contribution in [0.1, 0.15) is 35.1 Å². The molecule has 0 saturated heterocycles. The summed E-state index contributed by atoms with van der Waals surface area (Å²) in [6.07, 6.45) is 2.46. The molecule has 0 bridgehead atoms. The number of aromatic nitrogens is 2. The van der Waals surface area contributed by atoms with Crippen molar-refractivity contribution in [3.8, 4) is 11.5 Å². The summed E-state index contributed by atoms with van der Waals surface area (Å²) in [4.78, 5) is 30.3. The van der Waals surface area contributed by atoms with Crippen molar-refractivity contribution in [1.82, 2.24) is 9.97 Å². The smallest absolute Gasteiger partial charge is 0.259 e. The summed E-state index contributed by atoms with van der Waals surface area (Å²) < 4.78 is 11.0. The van der Waals surface area contributed by atoms with Gasteiger partial charge >= 0.3 is 0 Å². The van der Waals surface area contributed by atoms with Crippen LogP contribution in [-0.4, -0.2) is 29.7 Å². The fraction of sp³-hybridized carbons (Fsp3) is 0.190. The number of rotatable bonds is 7. The number of carboxylic acids is 1. The Balaban J connectivity index is 2.02. The number of hydrogen-bond acceptors (Lipinski definition) is 6. The lowest BCUT2D eigenvalue weighted by molar-refractivity contribution is -0.255. The molecule has 0 aliphatic carbocycles. The molecule has 1 heterocycles. The first-order valence-electron chi connectivity index (χ1n) is 8.86. The van der Waals surface area contributed by atoms with Crippen molar-refractivity contribution >= 4 is 39.6 Å². The van der Waals surface area contributed by atoms with Gasteiger partial charge in [-0.2, -0.15) is 0 Å². The summed E-state index contributed by atoms with van der Waals surface area (Å²) in [5.41, 5.74) is 0.421. The highest BCUT2D eigenvalue weighted by Crippen LogP contribution is 2.30. The molecule has 8 heteroatoms. The Labute approximate surface area is 171 Å². The van der Waals surface area contributed by atoms with E-state index in [1.807, 2.05) is 6.92 Å². The first kappa shape index (κ1) is 20.4. The number of ether oxygens (including phenoxy) is 2. The van der Waals surface area contributed by atoms with Crippen LogP contribution in [0.15, 0.2) is 41.2 Å². The Kier molecular flexibility index (Phi) is 6.19. The second kappa shape index (κ2) is 8.79. The Hall–Kier alpha value is -3.32. The van der Waals surface area contributed by atoms with Gasteiger partial charge in [-0.05, 0) is 47.9 Å². The summed E-state index contributed by atoms with van der Waals surface area (Å²) in [6.45, 7) is 2.54. The van der Waals surface area contributed by atoms with Gasteiger partial charge in [0.2, 0.25) is 0 Å². The van der Waals surface area contributed by atoms with Crippen LogP contribution in [0.3, 0.4) is 0 Å². The molecule has 0 spiro atoms. The summed E-state index contributed by atoms with van der Waals surface area (Å²) in [6, 6.07) is 9.26. The van der Waals surface area contributed by atoms with Crippen LogP contribution >= 0.6 is 11.6 Å². The van der Waals surface area contributed by atoms with Crippen molar-refractivity contribution in [2.24, 2.45) is 0 Å². The van der Waals surface area contributed by atoms with Crippen LogP contribution in [-0.2, 0) is 0 Å². The number of H-pyrrole nitrogens is 1. The average Bonchev–Trinajstić information content (AvgIpc) is 2.71. The highest BCUT2D eigenvalue weighted by molar-refractivity contribution is 6.50. The molecule has 1 aromatic heterocycles. The second-order valence-electron chi connectivity index (χ2n) is 6.18. The van der Waals surface area contributed by atoms with Gasteiger partial charge in [-0.1, -0.05) is 30.7 Å². The molecule has 0 fully saturated rings. The summed E-state index contributed by atoms with van der Waals surface area (Å²) in [5.74, 6) is -0.0635. The number of carbonyl (C=O) groups excluding carboxylic acids is 1. The minimum absolute atomic E-state index is 0.0745. The lowest BCUT2D eigenvalue weighted by atomic mass is 10.1. The van der Waals surface area contributed by atoms with E-state index in [2.05, 4.69) is 9.97 Å². The molecule has 3 aromatic rings. The first-order valence-corrected chi connectivity index (χ1v) is 9.24. The third-order valence-electron chi connectivity index (χ3n) is 4.11. The van der Waals surface area contributed by atoms with Crippen LogP contribution in [0.25, 0.3) is 22.0 Å². The van der Waals surface area contributed by atoms with Crippen LogP contribution < -0.4 is 20.1 Å². The molecule has 29 heavy (non-hydrogen) atoms. The summed E-state index contributed by atoms with van der Waals surface area (Å²) >= 11 is 6.37. The van der Waals surface area contributed by atoms with E-state index in [-0.39, 0.29) is 27.3 Å². The van der Waals surface area contributed by atoms with Crippen molar-refractivity contribution in [2.75, 3.05) is 13.7 Å². The van der Waals surface area contributed by atoms with E-state index in [4.69, 9.17) is 21.1 Å². The number of fused-ring (bicyclic) bond motifs is 1. The molecule has 0 aliphatic heterocycles. The summed E-state index contributed by atoms with van der Waals surface area (Å²) in [5, 5.41) is 11.5. The Bertz CT molecular complexity index is 1150. The monoisotopic (exact) mass is 413 g/mol. The maximum absolute atomic E-state index is 12.3. The fourth-order valence-electron chi connectivity index (χ4n) is 2.70. The number of methoxy groups -OCH3 is 1. The van der Waals surface area contributed by atoms with Crippen molar-refractivity contribution < 1.29 is 19.4 Å². The maximum atomic E-state index is 12.3. The molecule has 0 radical (unpaired) electrons. The van der Waals surface area contributed by atoms with Crippen molar-refractivity contribution in [3.63, 3.8) is 0 Å². The van der Waals surface area contributed by atoms with Gasteiger partial charge in [0, 0.05) is 0 Å². The third-order valence-corrected chi connectivity index (χ3v) is 4.40. The molecule has 150 valence electrons. The predicted octanol–water partition coefficient (Wildman–Crippen LogP) is 2.82. The van der Waals surface area contributed by atoms with Gasteiger partial charge in [-0.25, -0.2) is 4.98 Å². The van der Waals surface area contributed by atoms with E-state index in [0.29, 0.717) is 23.7 Å². The van der Waals surface area contributed by atoms with E-state index >= 15 is 0 Å². The Morgan fingerprint density at radius 1 is 1.24 bits per heavy atom. The molecule has 0 aliphatic rings. The number of aromatic carboxylic acids is 1. The number of hydrogen-bond donors (Lipinski definition) is 1. The van der Waals surface area contributed by atoms with E-state index in [9.17, 15) is 14.7 Å². The molecule has 3 rings (SSSR count). The fourth-order valence-corrected chi connectivity index (χ4v) is 2.92. The SMILES string of the molecule is CCCOc1cc(/C=C(\Cl)c2nc3cc(C(=O)[O-])ccc3c(=O)[nH]2)ccc1OC. The van der Waals surface area contributed by atoms with Gasteiger partial charge < -0.3 is 24.4 Å². The molecular formula is C21H18ClN2O5-. The molecule has 7 nitrogen and oxygen atoms in total. The standard InChI is InChI=1S/C21H19ClN2O5/c1-3-8-29-18-10-12(4-7-17(18)28-2)9-15(22)19-23-16-11-13(21(26)27)5-6-14(16)20(25)24-19/h4-7,9-11H,3,8H2,1-2H3,(H,26,27)(H,23,24,25)/p-1/b15-9-. The van der Waals surface area contributed by atoms with E-state index in [1.54, 1.807) is 31.4 Å². The molecular weight excluding hydrogens is 396 g/mol. The van der Waals surface area contributed by atoms with E-state index in [0.717, 1.165) is 6.42 Å². The Morgan fingerprint density at radius 3 is 2.72 bits per heavy atom. The number of nitrogens with one attached hydrogen (secondary N) is 1. The lowest BCUT2D eigenvalue weighted by Gasteiger charge is -2.11. The highest BCUT2D eigenvalue weighted by atomic mass is 35.5. The molecule has 1 N–H and O–H groups in total. The third kappa shape index (κ3) is 4.57. The quantitative estimate of drug-likeness (QED) is 0.638. The normalized spacial score (nSPS) is 11.5.